The molecule has 5 nitrogen and oxygen atoms in total. The fourth-order valence-electron chi connectivity index (χ4n) is 2.49. The van der Waals surface area contributed by atoms with Gasteiger partial charge in [-0.15, -0.1) is 0 Å². The highest BCUT2D eigenvalue weighted by Gasteiger charge is 2.18. The number of fused-ring (bicyclic) bond motifs is 1. The van der Waals surface area contributed by atoms with E-state index in [2.05, 4.69) is 19.9 Å². The maximum Gasteiger partial charge on any atom is 0.220 e. The van der Waals surface area contributed by atoms with Crippen molar-refractivity contribution in [2.75, 3.05) is 12.3 Å². The van der Waals surface area contributed by atoms with Crippen molar-refractivity contribution in [3.63, 3.8) is 0 Å². The maximum atomic E-state index is 13.0. The minimum Gasteiger partial charge on any atom is -0.368 e. The van der Waals surface area contributed by atoms with Gasteiger partial charge in [0.15, 0.2) is 0 Å². The molecule has 2 aromatic heterocycles. The quantitative estimate of drug-likeness (QED) is 0.839. The van der Waals surface area contributed by atoms with E-state index in [0.717, 1.165) is 48.6 Å². The van der Waals surface area contributed by atoms with E-state index in [1.807, 2.05) is 6.92 Å². The zero-order valence-corrected chi connectivity index (χ0v) is 11.3. The SMILES string of the molecule is Cc1nc(F)ccc1CN1CCc2nc(N)ncc2C1. The van der Waals surface area contributed by atoms with E-state index in [-0.39, 0.29) is 0 Å². The van der Waals surface area contributed by atoms with Gasteiger partial charge in [-0.3, -0.25) is 4.90 Å². The Morgan fingerprint density at radius 1 is 1.35 bits per heavy atom. The summed E-state index contributed by atoms with van der Waals surface area (Å²) in [6.45, 7) is 4.27. The first kappa shape index (κ1) is 12.9. The second-order valence-corrected chi connectivity index (χ2v) is 5.04. The molecule has 1 aliphatic heterocycles. The number of aryl methyl sites for hydroxylation is 1. The lowest BCUT2D eigenvalue weighted by atomic mass is 10.1. The molecular formula is C14H16FN5. The van der Waals surface area contributed by atoms with Crippen LogP contribution in [0, 0.1) is 12.9 Å². The van der Waals surface area contributed by atoms with Crippen molar-refractivity contribution in [2.24, 2.45) is 0 Å². The molecule has 0 spiro atoms. The summed E-state index contributed by atoms with van der Waals surface area (Å²) in [5, 5.41) is 0. The van der Waals surface area contributed by atoms with Crippen molar-refractivity contribution in [1.29, 1.82) is 0 Å². The lowest BCUT2D eigenvalue weighted by Crippen LogP contribution is -2.31. The van der Waals surface area contributed by atoms with E-state index in [0.29, 0.717) is 5.95 Å². The van der Waals surface area contributed by atoms with Gasteiger partial charge in [-0.25, -0.2) is 15.0 Å². The minimum absolute atomic E-state index is 0.329. The molecule has 0 saturated heterocycles. The van der Waals surface area contributed by atoms with Crippen LogP contribution in [0.2, 0.25) is 0 Å². The molecule has 1 aliphatic rings. The van der Waals surface area contributed by atoms with E-state index < -0.39 is 5.95 Å². The van der Waals surface area contributed by atoms with Gasteiger partial charge in [0.2, 0.25) is 11.9 Å². The third-order valence-electron chi connectivity index (χ3n) is 3.59. The summed E-state index contributed by atoms with van der Waals surface area (Å²) in [6, 6.07) is 3.21. The number of rotatable bonds is 2. The van der Waals surface area contributed by atoms with Crippen molar-refractivity contribution in [3.05, 3.63) is 46.8 Å². The van der Waals surface area contributed by atoms with E-state index in [4.69, 9.17) is 5.73 Å². The van der Waals surface area contributed by atoms with Crippen LogP contribution in [0.15, 0.2) is 18.3 Å². The Labute approximate surface area is 116 Å². The van der Waals surface area contributed by atoms with Crippen LogP contribution < -0.4 is 5.73 Å². The third kappa shape index (κ3) is 2.60. The van der Waals surface area contributed by atoms with E-state index in [9.17, 15) is 4.39 Å². The van der Waals surface area contributed by atoms with Crippen molar-refractivity contribution in [3.8, 4) is 0 Å². The largest absolute Gasteiger partial charge is 0.368 e. The molecule has 0 bridgehead atoms. The lowest BCUT2D eigenvalue weighted by Gasteiger charge is -2.28. The van der Waals surface area contributed by atoms with E-state index in [1.165, 1.54) is 6.07 Å². The zero-order valence-electron chi connectivity index (χ0n) is 11.3. The Balaban J connectivity index is 1.75. The number of nitrogens with zero attached hydrogens (tertiary/aromatic N) is 4. The summed E-state index contributed by atoms with van der Waals surface area (Å²) < 4.78 is 13.0. The van der Waals surface area contributed by atoms with Gasteiger partial charge < -0.3 is 5.73 Å². The summed E-state index contributed by atoms with van der Waals surface area (Å²) >= 11 is 0. The molecule has 104 valence electrons. The van der Waals surface area contributed by atoms with Gasteiger partial charge in [-0.1, -0.05) is 6.07 Å². The molecule has 2 aromatic rings. The average Bonchev–Trinajstić information content (AvgIpc) is 2.42. The Bertz CT molecular complexity index is 643. The molecule has 3 rings (SSSR count). The molecule has 0 amide bonds. The predicted octanol–water partition coefficient (Wildman–Crippen LogP) is 1.46. The van der Waals surface area contributed by atoms with Crippen LogP contribution in [0.25, 0.3) is 0 Å². The number of halogens is 1. The third-order valence-corrected chi connectivity index (χ3v) is 3.59. The Hall–Kier alpha value is -2.08. The summed E-state index contributed by atoms with van der Waals surface area (Å²) in [7, 11) is 0. The van der Waals surface area contributed by atoms with Crippen LogP contribution in [-0.2, 0) is 19.5 Å². The second kappa shape index (κ2) is 5.13. The first-order valence-electron chi connectivity index (χ1n) is 6.56. The normalized spacial score (nSPS) is 15.1. The van der Waals surface area contributed by atoms with Crippen LogP contribution in [-0.4, -0.2) is 26.4 Å². The van der Waals surface area contributed by atoms with Crippen LogP contribution in [0.5, 0.6) is 0 Å². The van der Waals surface area contributed by atoms with Gasteiger partial charge in [0.25, 0.3) is 0 Å². The number of anilines is 1. The van der Waals surface area contributed by atoms with Gasteiger partial charge >= 0.3 is 0 Å². The molecule has 0 fully saturated rings. The van der Waals surface area contributed by atoms with E-state index >= 15 is 0 Å². The van der Waals surface area contributed by atoms with Gasteiger partial charge in [-0.2, -0.15) is 4.39 Å². The van der Waals surface area contributed by atoms with Gasteiger partial charge in [0, 0.05) is 43.5 Å². The molecule has 0 aromatic carbocycles. The minimum atomic E-state index is -0.431. The predicted molar refractivity (Wildman–Crippen MR) is 73.2 cm³/mol. The Kier molecular flexibility index (Phi) is 3.31. The fraction of sp³-hybridized carbons (Fsp3) is 0.357. The monoisotopic (exact) mass is 273 g/mol. The smallest absolute Gasteiger partial charge is 0.220 e. The Morgan fingerprint density at radius 2 is 2.20 bits per heavy atom. The van der Waals surface area contributed by atoms with Gasteiger partial charge in [0.1, 0.15) is 0 Å². The molecule has 0 atom stereocenters. The van der Waals surface area contributed by atoms with Crippen LogP contribution in [0.3, 0.4) is 0 Å². The zero-order chi connectivity index (χ0) is 14.1. The number of nitrogen functional groups attached to an aromatic ring is 1. The van der Waals surface area contributed by atoms with Gasteiger partial charge in [-0.05, 0) is 18.6 Å². The highest BCUT2D eigenvalue weighted by Crippen LogP contribution is 2.19. The van der Waals surface area contributed by atoms with Crippen molar-refractivity contribution in [1.82, 2.24) is 19.9 Å². The average molecular weight is 273 g/mol. The topological polar surface area (TPSA) is 67.9 Å². The summed E-state index contributed by atoms with van der Waals surface area (Å²) in [5.41, 5.74) is 9.52. The maximum absolute atomic E-state index is 13.0. The highest BCUT2D eigenvalue weighted by molar-refractivity contribution is 5.27. The molecule has 6 heteroatoms. The molecule has 0 saturated carbocycles. The molecule has 20 heavy (non-hydrogen) atoms. The van der Waals surface area contributed by atoms with Crippen LogP contribution in [0.4, 0.5) is 10.3 Å². The summed E-state index contributed by atoms with van der Waals surface area (Å²) in [6.07, 6.45) is 2.65. The fourth-order valence-corrected chi connectivity index (χ4v) is 2.49. The number of hydrogen-bond acceptors (Lipinski definition) is 5. The van der Waals surface area contributed by atoms with E-state index in [1.54, 1.807) is 12.3 Å². The number of nitrogens with two attached hydrogens (primary N) is 1. The van der Waals surface area contributed by atoms with Crippen molar-refractivity contribution < 1.29 is 4.39 Å². The number of hydrogen-bond donors (Lipinski definition) is 1. The molecule has 2 N–H and O–H groups in total. The Morgan fingerprint density at radius 3 is 3.00 bits per heavy atom. The first-order valence-corrected chi connectivity index (χ1v) is 6.56. The second-order valence-electron chi connectivity index (χ2n) is 5.04. The molecule has 0 unspecified atom stereocenters. The summed E-state index contributed by atoms with van der Waals surface area (Å²) in [4.78, 5) is 14.4. The molecule has 3 heterocycles. The van der Waals surface area contributed by atoms with Crippen molar-refractivity contribution >= 4 is 5.95 Å². The summed E-state index contributed by atoms with van der Waals surface area (Å²) in [5.74, 6) is -0.102. The number of aromatic nitrogens is 3. The van der Waals surface area contributed by atoms with Gasteiger partial charge in [0.05, 0.1) is 5.69 Å². The molecular weight excluding hydrogens is 257 g/mol. The first-order chi connectivity index (χ1) is 9.61. The standard InChI is InChI=1S/C14H16FN5/c1-9-10(2-3-13(15)18-9)7-20-5-4-12-11(8-20)6-17-14(16)19-12/h2-3,6H,4-5,7-8H2,1H3,(H2,16,17,19). The lowest BCUT2D eigenvalue weighted by molar-refractivity contribution is 0.242. The highest BCUT2D eigenvalue weighted by atomic mass is 19.1. The van der Waals surface area contributed by atoms with Crippen molar-refractivity contribution in [2.45, 2.75) is 26.4 Å². The number of pyridine rings is 1. The molecule has 0 radical (unpaired) electrons. The van der Waals surface area contributed by atoms with Crippen LogP contribution in [0.1, 0.15) is 22.5 Å². The molecule has 0 aliphatic carbocycles. The van der Waals surface area contributed by atoms with Crippen LogP contribution >= 0.6 is 0 Å².